The molecule has 1 unspecified atom stereocenters. The van der Waals surface area contributed by atoms with Crippen molar-refractivity contribution in [2.24, 2.45) is 5.41 Å². The summed E-state index contributed by atoms with van der Waals surface area (Å²) in [6.45, 7) is 8.92. The molecule has 0 aliphatic carbocycles. The molecule has 0 aromatic heterocycles. The summed E-state index contributed by atoms with van der Waals surface area (Å²) >= 11 is 0. The molecule has 0 amide bonds. The van der Waals surface area contributed by atoms with Gasteiger partial charge in [0.15, 0.2) is 0 Å². The first kappa shape index (κ1) is 11.0. The van der Waals surface area contributed by atoms with Crippen LogP contribution in [0.25, 0.3) is 0 Å². The van der Waals surface area contributed by atoms with Gasteiger partial charge in [0.05, 0.1) is 6.10 Å². The number of ether oxygens (including phenoxy) is 1. The molecule has 0 N–H and O–H groups in total. The van der Waals surface area contributed by atoms with Gasteiger partial charge in [-0.05, 0) is 11.8 Å². The summed E-state index contributed by atoms with van der Waals surface area (Å²) in [4.78, 5) is 0. The standard InChI is InChI=1S/C10H22O/c1-6-7-8-9(11-5)10(2,3)4/h9H,6-8H2,1-5H3. The Morgan fingerprint density at radius 1 is 1.27 bits per heavy atom. The number of rotatable bonds is 4. The quantitative estimate of drug-likeness (QED) is 0.610. The molecular weight excluding hydrogens is 136 g/mol. The predicted octanol–water partition coefficient (Wildman–Crippen LogP) is 3.24. The van der Waals surface area contributed by atoms with E-state index in [1.165, 1.54) is 19.3 Å². The van der Waals surface area contributed by atoms with E-state index in [0.717, 1.165) is 0 Å². The van der Waals surface area contributed by atoms with Crippen molar-refractivity contribution >= 4 is 0 Å². The fourth-order valence-corrected chi connectivity index (χ4v) is 1.29. The number of methoxy groups -OCH3 is 1. The first-order valence-corrected chi connectivity index (χ1v) is 4.55. The lowest BCUT2D eigenvalue weighted by molar-refractivity contribution is 0.00933. The van der Waals surface area contributed by atoms with Gasteiger partial charge in [-0.1, -0.05) is 40.5 Å². The van der Waals surface area contributed by atoms with Crippen molar-refractivity contribution in [2.75, 3.05) is 7.11 Å². The molecule has 0 saturated carbocycles. The molecule has 0 fully saturated rings. The second kappa shape index (κ2) is 4.76. The minimum Gasteiger partial charge on any atom is -0.381 e. The Labute approximate surface area is 71.1 Å². The minimum atomic E-state index is 0.296. The van der Waals surface area contributed by atoms with Crippen LogP contribution in [0.3, 0.4) is 0 Å². The third-order valence-corrected chi connectivity index (χ3v) is 2.07. The monoisotopic (exact) mass is 158 g/mol. The van der Waals surface area contributed by atoms with Crippen LogP contribution in [0.15, 0.2) is 0 Å². The summed E-state index contributed by atoms with van der Waals surface area (Å²) in [7, 11) is 1.81. The van der Waals surface area contributed by atoms with Gasteiger partial charge in [-0.25, -0.2) is 0 Å². The van der Waals surface area contributed by atoms with E-state index in [2.05, 4.69) is 27.7 Å². The molecule has 0 aromatic rings. The van der Waals surface area contributed by atoms with E-state index in [1.807, 2.05) is 7.11 Å². The van der Waals surface area contributed by atoms with Crippen molar-refractivity contribution in [3.05, 3.63) is 0 Å². The second-order valence-electron chi connectivity index (χ2n) is 4.23. The van der Waals surface area contributed by atoms with Gasteiger partial charge in [-0.2, -0.15) is 0 Å². The molecule has 11 heavy (non-hydrogen) atoms. The van der Waals surface area contributed by atoms with E-state index in [1.54, 1.807) is 0 Å². The maximum Gasteiger partial charge on any atom is 0.0619 e. The molecule has 1 nitrogen and oxygen atoms in total. The molecule has 68 valence electrons. The zero-order valence-electron chi connectivity index (χ0n) is 8.61. The van der Waals surface area contributed by atoms with E-state index >= 15 is 0 Å². The Balaban J connectivity index is 3.76. The second-order valence-corrected chi connectivity index (χ2v) is 4.23. The molecule has 0 spiro atoms. The van der Waals surface area contributed by atoms with E-state index in [4.69, 9.17) is 4.74 Å². The van der Waals surface area contributed by atoms with Gasteiger partial charge in [0.2, 0.25) is 0 Å². The van der Waals surface area contributed by atoms with Crippen molar-refractivity contribution in [1.29, 1.82) is 0 Å². The number of hydrogen-bond donors (Lipinski definition) is 0. The lowest BCUT2D eigenvalue weighted by Crippen LogP contribution is -2.27. The maximum atomic E-state index is 5.42. The third-order valence-electron chi connectivity index (χ3n) is 2.07. The Hall–Kier alpha value is -0.0400. The van der Waals surface area contributed by atoms with Gasteiger partial charge in [0.1, 0.15) is 0 Å². The van der Waals surface area contributed by atoms with E-state index in [-0.39, 0.29) is 0 Å². The Kier molecular flexibility index (Phi) is 4.74. The van der Waals surface area contributed by atoms with Gasteiger partial charge in [-0.3, -0.25) is 0 Å². The van der Waals surface area contributed by atoms with Crippen LogP contribution in [0, 0.1) is 5.41 Å². The number of unbranched alkanes of at least 4 members (excludes halogenated alkanes) is 1. The average molecular weight is 158 g/mol. The van der Waals surface area contributed by atoms with Crippen molar-refractivity contribution in [2.45, 2.75) is 53.1 Å². The lowest BCUT2D eigenvalue weighted by Gasteiger charge is -2.29. The van der Waals surface area contributed by atoms with Crippen LogP contribution in [0.5, 0.6) is 0 Å². The Bertz CT molecular complexity index is 91.5. The minimum absolute atomic E-state index is 0.296. The first-order chi connectivity index (χ1) is 5.02. The van der Waals surface area contributed by atoms with Gasteiger partial charge in [-0.15, -0.1) is 0 Å². The van der Waals surface area contributed by atoms with Gasteiger partial charge in [0.25, 0.3) is 0 Å². The van der Waals surface area contributed by atoms with Gasteiger partial charge in [0, 0.05) is 7.11 Å². The molecular formula is C10H22O. The van der Waals surface area contributed by atoms with Crippen molar-refractivity contribution in [3.63, 3.8) is 0 Å². The molecule has 0 aliphatic heterocycles. The molecule has 1 atom stereocenters. The van der Waals surface area contributed by atoms with Gasteiger partial charge >= 0.3 is 0 Å². The fourth-order valence-electron chi connectivity index (χ4n) is 1.29. The van der Waals surface area contributed by atoms with Gasteiger partial charge < -0.3 is 4.74 Å². The molecule has 0 radical (unpaired) electrons. The van der Waals surface area contributed by atoms with Crippen LogP contribution >= 0.6 is 0 Å². The zero-order chi connectivity index (χ0) is 8.91. The van der Waals surface area contributed by atoms with Crippen LogP contribution in [0.2, 0.25) is 0 Å². The van der Waals surface area contributed by atoms with Crippen LogP contribution in [-0.4, -0.2) is 13.2 Å². The molecule has 0 aliphatic rings. The van der Waals surface area contributed by atoms with E-state index in [0.29, 0.717) is 11.5 Å². The zero-order valence-corrected chi connectivity index (χ0v) is 8.61. The van der Waals surface area contributed by atoms with Crippen LogP contribution < -0.4 is 0 Å². The molecule has 1 heteroatoms. The normalized spacial score (nSPS) is 15.0. The SMILES string of the molecule is CCCCC(OC)C(C)(C)C. The summed E-state index contributed by atoms with van der Waals surface area (Å²) in [5, 5.41) is 0. The van der Waals surface area contributed by atoms with Crippen molar-refractivity contribution in [3.8, 4) is 0 Å². The third kappa shape index (κ3) is 4.41. The Morgan fingerprint density at radius 3 is 2.09 bits per heavy atom. The average Bonchev–Trinajstić information content (AvgIpc) is 1.87. The summed E-state index contributed by atoms with van der Waals surface area (Å²) in [6, 6.07) is 0. The topological polar surface area (TPSA) is 9.23 Å². The van der Waals surface area contributed by atoms with E-state index in [9.17, 15) is 0 Å². The van der Waals surface area contributed by atoms with E-state index < -0.39 is 0 Å². The highest BCUT2D eigenvalue weighted by Crippen LogP contribution is 2.25. The highest BCUT2D eigenvalue weighted by Gasteiger charge is 2.23. The molecule has 0 bridgehead atoms. The highest BCUT2D eigenvalue weighted by atomic mass is 16.5. The van der Waals surface area contributed by atoms with Crippen LogP contribution in [0.4, 0.5) is 0 Å². The summed E-state index contributed by atoms with van der Waals surface area (Å²) < 4.78 is 5.42. The van der Waals surface area contributed by atoms with Crippen molar-refractivity contribution < 1.29 is 4.74 Å². The summed E-state index contributed by atoms with van der Waals surface area (Å²) in [5.41, 5.74) is 0.296. The molecule has 0 saturated heterocycles. The predicted molar refractivity (Wildman–Crippen MR) is 49.8 cm³/mol. The van der Waals surface area contributed by atoms with Crippen LogP contribution in [0.1, 0.15) is 47.0 Å². The van der Waals surface area contributed by atoms with Crippen LogP contribution in [-0.2, 0) is 4.74 Å². The summed E-state index contributed by atoms with van der Waals surface area (Å²) in [5.74, 6) is 0. The highest BCUT2D eigenvalue weighted by molar-refractivity contribution is 4.73. The molecule has 0 rings (SSSR count). The maximum absolute atomic E-state index is 5.42. The number of hydrogen-bond acceptors (Lipinski definition) is 1. The smallest absolute Gasteiger partial charge is 0.0619 e. The summed E-state index contributed by atoms with van der Waals surface area (Å²) in [6.07, 6.45) is 4.14. The lowest BCUT2D eigenvalue weighted by atomic mass is 9.86. The molecule has 0 heterocycles. The first-order valence-electron chi connectivity index (χ1n) is 4.55. The molecule has 0 aromatic carbocycles. The van der Waals surface area contributed by atoms with Crippen molar-refractivity contribution in [1.82, 2.24) is 0 Å². The largest absolute Gasteiger partial charge is 0.381 e. The fraction of sp³-hybridized carbons (Fsp3) is 1.00. The Morgan fingerprint density at radius 2 is 1.82 bits per heavy atom.